The van der Waals surface area contributed by atoms with E-state index in [1.54, 1.807) is 4.68 Å². The quantitative estimate of drug-likeness (QED) is 0.744. The lowest BCUT2D eigenvalue weighted by Gasteiger charge is -2.39. The molecule has 1 rings (SSSR count). The van der Waals surface area contributed by atoms with Gasteiger partial charge >= 0.3 is 0 Å². The fourth-order valence-electron chi connectivity index (χ4n) is 1.39. The smallest absolute Gasteiger partial charge is 0.138 e. The number of aliphatic hydroxyl groups is 1. The van der Waals surface area contributed by atoms with Gasteiger partial charge in [-0.3, -0.25) is 4.68 Å². The van der Waals surface area contributed by atoms with Crippen molar-refractivity contribution >= 4 is 0 Å². The molecule has 5 nitrogen and oxygen atoms in total. The molecule has 0 aliphatic heterocycles. The summed E-state index contributed by atoms with van der Waals surface area (Å²) in [7, 11) is 1.81. The average Bonchev–Trinajstić information content (AvgIpc) is 2.50. The van der Waals surface area contributed by atoms with Crippen molar-refractivity contribution in [3.05, 3.63) is 12.2 Å². The fourth-order valence-corrected chi connectivity index (χ4v) is 1.39. The van der Waals surface area contributed by atoms with Gasteiger partial charge in [-0.15, -0.1) is 0 Å². The summed E-state index contributed by atoms with van der Waals surface area (Å²) in [5, 5.41) is 14.4. The molecule has 1 heterocycles. The second-order valence-corrected chi connectivity index (χ2v) is 4.96. The Morgan fingerprint density at radius 3 is 2.40 bits per heavy atom. The van der Waals surface area contributed by atoms with Crippen LogP contribution in [-0.4, -0.2) is 32.0 Å². The highest BCUT2D eigenvalue weighted by Gasteiger charge is 2.39. The maximum Gasteiger partial charge on any atom is 0.138 e. The van der Waals surface area contributed by atoms with Gasteiger partial charge < -0.3 is 10.8 Å². The van der Waals surface area contributed by atoms with Crippen LogP contribution >= 0.6 is 0 Å². The van der Waals surface area contributed by atoms with Gasteiger partial charge in [0, 0.05) is 20.0 Å². The fraction of sp³-hybridized carbons (Fsp3) is 0.800. The summed E-state index contributed by atoms with van der Waals surface area (Å²) in [5.41, 5.74) is 4.42. The molecule has 0 aliphatic carbocycles. The van der Waals surface area contributed by atoms with Crippen molar-refractivity contribution in [1.29, 1.82) is 0 Å². The summed E-state index contributed by atoms with van der Waals surface area (Å²) in [6, 6.07) is 0. The first-order chi connectivity index (χ1) is 6.80. The van der Waals surface area contributed by atoms with E-state index in [0.29, 0.717) is 6.42 Å². The van der Waals surface area contributed by atoms with Gasteiger partial charge in [-0.05, 0) is 5.41 Å². The first-order valence-corrected chi connectivity index (χ1v) is 5.05. The zero-order valence-corrected chi connectivity index (χ0v) is 9.86. The molecule has 5 heteroatoms. The molecule has 0 amide bonds. The summed E-state index contributed by atoms with van der Waals surface area (Å²) < 4.78 is 1.66. The molecule has 0 aliphatic rings. The van der Waals surface area contributed by atoms with Crippen LogP contribution in [0.3, 0.4) is 0 Å². The van der Waals surface area contributed by atoms with Gasteiger partial charge in [0.2, 0.25) is 0 Å². The van der Waals surface area contributed by atoms with E-state index in [0.717, 1.165) is 5.82 Å². The van der Waals surface area contributed by atoms with Crippen LogP contribution in [0.25, 0.3) is 0 Å². The van der Waals surface area contributed by atoms with Crippen molar-refractivity contribution in [2.24, 2.45) is 18.2 Å². The second kappa shape index (κ2) is 3.90. The van der Waals surface area contributed by atoms with E-state index >= 15 is 0 Å². The van der Waals surface area contributed by atoms with E-state index in [1.807, 2.05) is 27.8 Å². The molecule has 0 saturated carbocycles. The van der Waals surface area contributed by atoms with E-state index in [-0.39, 0.29) is 12.0 Å². The molecular formula is C10H20N4O. The van der Waals surface area contributed by atoms with E-state index in [1.165, 1.54) is 6.33 Å². The molecule has 0 fully saturated rings. The van der Waals surface area contributed by atoms with Crippen LogP contribution in [0.2, 0.25) is 0 Å². The Labute approximate surface area is 90.3 Å². The van der Waals surface area contributed by atoms with Gasteiger partial charge in [-0.25, -0.2) is 4.98 Å². The van der Waals surface area contributed by atoms with Gasteiger partial charge in [0.25, 0.3) is 0 Å². The van der Waals surface area contributed by atoms with Gasteiger partial charge in [-0.2, -0.15) is 5.10 Å². The lowest BCUT2D eigenvalue weighted by molar-refractivity contribution is -0.0510. The zero-order valence-electron chi connectivity index (χ0n) is 9.86. The molecule has 15 heavy (non-hydrogen) atoms. The predicted octanol–water partition coefficient (Wildman–Crippen LogP) is 0.0935. The summed E-state index contributed by atoms with van der Waals surface area (Å²) in [5.74, 6) is 0.748. The van der Waals surface area contributed by atoms with Crippen molar-refractivity contribution in [1.82, 2.24) is 14.8 Å². The minimum Gasteiger partial charge on any atom is -0.388 e. The molecule has 1 aromatic rings. The highest BCUT2D eigenvalue weighted by molar-refractivity contribution is 5.00. The predicted molar refractivity (Wildman–Crippen MR) is 58.2 cm³/mol. The Hall–Kier alpha value is -0.940. The molecule has 0 radical (unpaired) electrons. The third-order valence-electron chi connectivity index (χ3n) is 2.99. The maximum atomic E-state index is 10.4. The minimum atomic E-state index is -0.951. The van der Waals surface area contributed by atoms with Gasteiger partial charge in [-0.1, -0.05) is 20.8 Å². The van der Waals surface area contributed by atoms with E-state index in [2.05, 4.69) is 10.1 Å². The largest absolute Gasteiger partial charge is 0.388 e. The Kier molecular flexibility index (Phi) is 3.16. The molecule has 86 valence electrons. The van der Waals surface area contributed by atoms with Crippen LogP contribution in [0.5, 0.6) is 0 Å². The number of aryl methyl sites for hydroxylation is 1. The standard InChI is InChI=1S/C10H20N4O/c1-9(2,3)10(15,6-11)5-8-12-7-13-14(8)4/h7,15H,5-6,11H2,1-4H3. The molecule has 3 N–H and O–H groups in total. The lowest BCUT2D eigenvalue weighted by atomic mass is 9.74. The van der Waals surface area contributed by atoms with Gasteiger partial charge in [0.05, 0.1) is 5.60 Å². The summed E-state index contributed by atoms with van der Waals surface area (Å²) in [6.07, 6.45) is 1.90. The lowest BCUT2D eigenvalue weighted by Crippen LogP contribution is -2.51. The molecule has 0 saturated heterocycles. The summed E-state index contributed by atoms with van der Waals surface area (Å²) in [4.78, 5) is 4.10. The van der Waals surface area contributed by atoms with E-state index < -0.39 is 5.60 Å². The topological polar surface area (TPSA) is 77.0 Å². The third-order valence-corrected chi connectivity index (χ3v) is 2.99. The molecule has 1 atom stereocenters. The molecule has 0 spiro atoms. The minimum absolute atomic E-state index is 0.212. The number of aromatic nitrogens is 3. The van der Waals surface area contributed by atoms with Crippen molar-refractivity contribution in [3.63, 3.8) is 0 Å². The van der Waals surface area contributed by atoms with Crippen LogP contribution < -0.4 is 5.73 Å². The first-order valence-electron chi connectivity index (χ1n) is 5.05. The van der Waals surface area contributed by atoms with Crippen LogP contribution in [0, 0.1) is 5.41 Å². The van der Waals surface area contributed by atoms with Crippen molar-refractivity contribution in [2.75, 3.05) is 6.54 Å². The van der Waals surface area contributed by atoms with Crippen LogP contribution in [0.4, 0.5) is 0 Å². The molecule has 0 bridgehead atoms. The van der Waals surface area contributed by atoms with Gasteiger partial charge in [0.15, 0.2) is 0 Å². The maximum absolute atomic E-state index is 10.4. The third kappa shape index (κ3) is 2.35. The van der Waals surface area contributed by atoms with Crippen molar-refractivity contribution < 1.29 is 5.11 Å². The average molecular weight is 212 g/mol. The monoisotopic (exact) mass is 212 g/mol. The molecular weight excluding hydrogens is 192 g/mol. The van der Waals surface area contributed by atoms with Crippen LogP contribution in [0.1, 0.15) is 26.6 Å². The Morgan fingerprint density at radius 1 is 1.47 bits per heavy atom. The van der Waals surface area contributed by atoms with Crippen molar-refractivity contribution in [2.45, 2.75) is 32.8 Å². The molecule has 1 unspecified atom stereocenters. The van der Waals surface area contributed by atoms with E-state index in [4.69, 9.17) is 5.73 Å². The zero-order chi connectivity index (χ0) is 11.7. The number of nitrogens with two attached hydrogens (primary N) is 1. The normalized spacial score (nSPS) is 16.4. The Balaban J connectivity index is 2.92. The first kappa shape index (κ1) is 12.1. The number of rotatable bonds is 3. The summed E-state index contributed by atoms with van der Waals surface area (Å²) >= 11 is 0. The Bertz CT molecular complexity index is 328. The molecule has 1 aromatic heterocycles. The number of hydrogen-bond acceptors (Lipinski definition) is 4. The molecule has 0 aromatic carbocycles. The van der Waals surface area contributed by atoms with Crippen LogP contribution in [0.15, 0.2) is 6.33 Å². The highest BCUT2D eigenvalue weighted by atomic mass is 16.3. The van der Waals surface area contributed by atoms with Crippen molar-refractivity contribution in [3.8, 4) is 0 Å². The van der Waals surface area contributed by atoms with E-state index in [9.17, 15) is 5.11 Å². The highest BCUT2D eigenvalue weighted by Crippen LogP contribution is 2.31. The number of nitrogens with zero attached hydrogens (tertiary/aromatic N) is 3. The number of hydrogen-bond donors (Lipinski definition) is 2. The SMILES string of the molecule is Cn1ncnc1CC(O)(CN)C(C)(C)C. The second-order valence-electron chi connectivity index (χ2n) is 4.96. The van der Waals surface area contributed by atoms with Crippen LogP contribution in [-0.2, 0) is 13.5 Å². The Morgan fingerprint density at radius 2 is 2.07 bits per heavy atom. The summed E-state index contributed by atoms with van der Waals surface area (Å²) in [6.45, 7) is 6.12. The van der Waals surface area contributed by atoms with Gasteiger partial charge in [0.1, 0.15) is 12.2 Å².